The van der Waals surface area contributed by atoms with Gasteiger partial charge in [-0.15, -0.1) is 11.3 Å². The Bertz CT molecular complexity index is 598. The Labute approximate surface area is 129 Å². The average molecular weight is 304 g/mol. The lowest BCUT2D eigenvalue weighted by atomic mass is 9.81. The van der Waals surface area contributed by atoms with Crippen molar-refractivity contribution in [2.24, 2.45) is 0 Å². The topological polar surface area (TPSA) is 38.7 Å². The first kappa shape index (κ1) is 14.4. The van der Waals surface area contributed by atoms with Gasteiger partial charge in [0.05, 0.1) is 20.3 Å². The molecular weight excluding hydrogens is 284 g/mol. The molecule has 1 aromatic heterocycles. The Kier molecular flexibility index (Phi) is 4.17. The number of aryl methyl sites for hydroxylation is 1. The van der Waals surface area contributed by atoms with Gasteiger partial charge in [0.2, 0.25) is 0 Å². The van der Waals surface area contributed by atoms with E-state index in [1.807, 2.05) is 18.2 Å². The van der Waals surface area contributed by atoms with Crippen LogP contribution in [-0.2, 0) is 6.42 Å². The van der Waals surface area contributed by atoms with Crippen molar-refractivity contribution < 1.29 is 14.6 Å². The van der Waals surface area contributed by atoms with E-state index in [-0.39, 0.29) is 5.92 Å². The van der Waals surface area contributed by atoms with Gasteiger partial charge in [-0.05, 0) is 54.0 Å². The lowest BCUT2D eigenvalue weighted by molar-refractivity contribution is 0.136. The van der Waals surface area contributed by atoms with Crippen LogP contribution in [0.3, 0.4) is 0 Å². The first-order valence-corrected chi connectivity index (χ1v) is 8.08. The highest BCUT2D eigenvalue weighted by Gasteiger charge is 2.29. The van der Waals surface area contributed by atoms with E-state index in [1.54, 1.807) is 25.6 Å². The van der Waals surface area contributed by atoms with Crippen molar-refractivity contribution >= 4 is 11.3 Å². The molecule has 112 valence electrons. The SMILES string of the molecule is COc1cc(OC)cc(C(O)C2CCCc3sccc32)c1. The standard InChI is InChI=1S/C17H20O3S/c1-19-12-8-11(9-13(10-12)20-2)17(18)15-4-3-5-16-14(15)6-7-21-16/h6-10,15,17-18H,3-5H2,1-2H3. The van der Waals surface area contributed by atoms with Crippen molar-refractivity contribution in [1.82, 2.24) is 0 Å². The zero-order chi connectivity index (χ0) is 14.8. The molecule has 2 atom stereocenters. The molecule has 0 bridgehead atoms. The van der Waals surface area contributed by atoms with E-state index in [0.717, 1.165) is 24.8 Å². The van der Waals surface area contributed by atoms with Crippen LogP contribution in [0.25, 0.3) is 0 Å². The molecule has 21 heavy (non-hydrogen) atoms. The maximum atomic E-state index is 10.8. The Balaban J connectivity index is 1.94. The molecule has 1 aromatic carbocycles. The van der Waals surface area contributed by atoms with Gasteiger partial charge in [0.1, 0.15) is 11.5 Å². The fourth-order valence-electron chi connectivity index (χ4n) is 3.08. The summed E-state index contributed by atoms with van der Waals surface area (Å²) in [5, 5.41) is 13.0. The normalized spacial score (nSPS) is 18.9. The van der Waals surface area contributed by atoms with Crippen LogP contribution in [0, 0.1) is 0 Å². The maximum Gasteiger partial charge on any atom is 0.122 e. The number of rotatable bonds is 4. The van der Waals surface area contributed by atoms with Gasteiger partial charge in [0, 0.05) is 16.9 Å². The molecule has 1 N–H and O–H groups in total. The zero-order valence-corrected chi connectivity index (χ0v) is 13.2. The third-order valence-corrected chi connectivity index (χ3v) is 5.19. The van der Waals surface area contributed by atoms with Crippen molar-refractivity contribution in [2.45, 2.75) is 31.3 Å². The van der Waals surface area contributed by atoms with E-state index in [9.17, 15) is 5.11 Å². The van der Waals surface area contributed by atoms with Gasteiger partial charge in [-0.1, -0.05) is 0 Å². The number of aliphatic hydroxyl groups is 1. The summed E-state index contributed by atoms with van der Waals surface area (Å²) in [4.78, 5) is 1.42. The maximum absolute atomic E-state index is 10.8. The molecule has 4 heteroatoms. The van der Waals surface area contributed by atoms with Crippen molar-refractivity contribution in [1.29, 1.82) is 0 Å². The van der Waals surface area contributed by atoms with Gasteiger partial charge in [-0.2, -0.15) is 0 Å². The van der Waals surface area contributed by atoms with Crippen molar-refractivity contribution in [3.63, 3.8) is 0 Å². The summed E-state index contributed by atoms with van der Waals surface area (Å²) >= 11 is 1.80. The number of thiophene rings is 1. The number of benzene rings is 1. The molecule has 2 aromatic rings. The van der Waals surface area contributed by atoms with E-state index in [4.69, 9.17) is 9.47 Å². The summed E-state index contributed by atoms with van der Waals surface area (Å²) in [6.07, 6.45) is 2.76. The number of aliphatic hydroxyl groups excluding tert-OH is 1. The van der Waals surface area contributed by atoms with Crippen LogP contribution in [-0.4, -0.2) is 19.3 Å². The quantitative estimate of drug-likeness (QED) is 0.930. The summed E-state index contributed by atoms with van der Waals surface area (Å²) in [6, 6.07) is 7.78. The summed E-state index contributed by atoms with van der Waals surface area (Å²) in [6.45, 7) is 0. The molecule has 0 radical (unpaired) electrons. The molecule has 3 rings (SSSR count). The highest BCUT2D eigenvalue weighted by Crippen LogP contribution is 2.43. The molecule has 1 heterocycles. The Morgan fingerprint density at radius 2 is 1.90 bits per heavy atom. The average Bonchev–Trinajstić information content (AvgIpc) is 3.02. The van der Waals surface area contributed by atoms with Crippen LogP contribution in [0.1, 0.15) is 40.9 Å². The van der Waals surface area contributed by atoms with E-state index in [1.165, 1.54) is 10.4 Å². The van der Waals surface area contributed by atoms with Crippen LogP contribution >= 0.6 is 11.3 Å². The molecule has 0 saturated carbocycles. The number of hydrogen-bond acceptors (Lipinski definition) is 4. The minimum Gasteiger partial charge on any atom is -0.497 e. The molecule has 1 aliphatic carbocycles. The van der Waals surface area contributed by atoms with Gasteiger partial charge in [-0.25, -0.2) is 0 Å². The highest BCUT2D eigenvalue weighted by atomic mass is 32.1. The molecule has 3 nitrogen and oxygen atoms in total. The summed E-state index contributed by atoms with van der Waals surface area (Å²) in [7, 11) is 3.26. The minimum atomic E-state index is -0.525. The second kappa shape index (κ2) is 6.08. The molecule has 0 aliphatic heterocycles. The predicted octanol–water partition coefficient (Wildman–Crippen LogP) is 3.92. The molecule has 0 fully saturated rings. The first-order valence-electron chi connectivity index (χ1n) is 7.20. The Hall–Kier alpha value is -1.52. The van der Waals surface area contributed by atoms with E-state index < -0.39 is 6.10 Å². The van der Waals surface area contributed by atoms with Crippen LogP contribution in [0.15, 0.2) is 29.6 Å². The zero-order valence-electron chi connectivity index (χ0n) is 12.3. The van der Waals surface area contributed by atoms with Gasteiger partial charge < -0.3 is 14.6 Å². The van der Waals surface area contributed by atoms with Gasteiger partial charge in [0.25, 0.3) is 0 Å². The van der Waals surface area contributed by atoms with Crippen molar-refractivity contribution in [2.75, 3.05) is 14.2 Å². The minimum absolute atomic E-state index is 0.164. The van der Waals surface area contributed by atoms with Gasteiger partial charge in [-0.3, -0.25) is 0 Å². The molecule has 0 amide bonds. The third kappa shape index (κ3) is 2.78. The fourth-order valence-corrected chi connectivity index (χ4v) is 4.08. The predicted molar refractivity (Wildman–Crippen MR) is 84.5 cm³/mol. The lowest BCUT2D eigenvalue weighted by Gasteiger charge is -2.28. The Morgan fingerprint density at radius 1 is 1.19 bits per heavy atom. The molecule has 1 aliphatic rings. The van der Waals surface area contributed by atoms with E-state index >= 15 is 0 Å². The fraction of sp³-hybridized carbons (Fsp3) is 0.412. The largest absolute Gasteiger partial charge is 0.497 e. The highest BCUT2D eigenvalue weighted by molar-refractivity contribution is 7.10. The van der Waals surface area contributed by atoms with E-state index in [2.05, 4.69) is 11.4 Å². The van der Waals surface area contributed by atoms with Crippen LogP contribution in [0.4, 0.5) is 0 Å². The summed E-state index contributed by atoms with van der Waals surface area (Å²) < 4.78 is 10.6. The Morgan fingerprint density at radius 3 is 2.57 bits per heavy atom. The number of fused-ring (bicyclic) bond motifs is 1. The smallest absolute Gasteiger partial charge is 0.122 e. The summed E-state index contributed by atoms with van der Waals surface area (Å²) in [5.41, 5.74) is 2.16. The van der Waals surface area contributed by atoms with Crippen LogP contribution in [0.5, 0.6) is 11.5 Å². The van der Waals surface area contributed by atoms with Crippen LogP contribution < -0.4 is 9.47 Å². The lowest BCUT2D eigenvalue weighted by Crippen LogP contribution is -2.15. The number of hydrogen-bond donors (Lipinski definition) is 1. The van der Waals surface area contributed by atoms with Crippen LogP contribution in [0.2, 0.25) is 0 Å². The number of ether oxygens (including phenoxy) is 2. The third-order valence-electron chi connectivity index (χ3n) is 4.19. The van der Waals surface area contributed by atoms with Crippen molar-refractivity contribution in [3.8, 4) is 11.5 Å². The monoisotopic (exact) mass is 304 g/mol. The summed E-state index contributed by atoms with van der Waals surface area (Å²) in [5.74, 6) is 1.59. The molecule has 2 unspecified atom stereocenters. The molecule has 0 saturated heterocycles. The second-order valence-corrected chi connectivity index (χ2v) is 6.39. The van der Waals surface area contributed by atoms with Gasteiger partial charge in [0.15, 0.2) is 0 Å². The molecular formula is C17H20O3S. The van der Waals surface area contributed by atoms with Gasteiger partial charge >= 0.3 is 0 Å². The second-order valence-electron chi connectivity index (χ2n) is 5.39. The first-order chi connectivity index (χ1) is 10.2. The number of methoxy groups -OCH3 is 2. The van der Waals surface area contributed by atoms with Crippen molar-refractivity contribution in [3.05, 3.63) is 45.6 Å². The molecule has 0 spiro atoms. The van der Waals surface area contributed by atoms with E-state index in [0.29, 0.717) is 11.5 Å².